The molecule has 0 bridgehead atoms. The van der Waals surface area contributed by atoms with Crippen LogP contribution < -0.4 is 14.8 Å². The fourth-order valence-electron chi connectivity index (χ4n) is 1.52. The molecule has 2 rings (SSSR count). The molecule has 0 aliphatic carbocycles. The molecule has 1 aromatic heterocycles. The van der Waals surface area contributed by atoms with E-state index >= 15 is 0 Å². The van der Waals surface area contributed by atoms with Crippen molar-refractivity contribution in [1.82, 2.24) is 15.0 Å². The van der Waals surface area contributed by atoms with Crippen LogP contribution in [0.3, 0.4) is 0 Å². The molecule has 0 atom stereocenters. The van der Waals surface area contributed by atoms with Gasteiger partial charge >= 0.3 is 6.01 Å². The van der Waals surface area contributed by atoms with Gasteiger partial charge in [-0.3, -0.25) is 0 Å². The van der Waals surface area contributed by atoms with Crippen molar-refractivity contribution in [3.8, 4) is 11.8 Å². The Labute approximate surface area is 126 Å². The van der Waals surface area contributed by atoms with Crippen LogP contribution in [0.15, 0.2) is 18.2 Å². The summed E-state index contributed by atoms with van der Waals surface area (Å²) in [6.45, 7) is 3.67. The molecule has 0 saturated heterocycles. The molecule has 0 unspecified atom stereocenters. The zero-order valence-corrected chi connectivity index (χ0v) is 12.5. The molecule has 0 aliphatic rings. The third-order valence-corrected chi connectivity index (χ3v) is 2.51. The number of hydrogen-bond donors (Lipinski definition) is 1. The minimum Gasteiger partial charge on any atom is -0.494 e. The van der Waals surface area contributed by atoms with Gasteiger partial charge in [0.15, 0.2) is 11.6 Å². The number of nitrogens with zero attached hydrogens (tertiary/aromatic N) is 3. The summed E-state index contributed by atoms with van der Waals surface area (Å²) in [5.41, 5.74) is 0.450. The average molecular weight is 313 g/mol. The first-order valence-electron chi connectivity index (χ1n) is 6.16. The highest BCUT2D eigenvalue weighted by molar-refractivity contribution is 6.28. The fraction of sp³-hybridized carbons (Fsp3) is 0.308. The van der Waals surface area contributed by atoms with Crippen molar-refractivity contribution in [3.63, 3.8) is 0 Å². The fourth-order valence-corrected chi connectivity index (χ4v) is 1.68. The predicted molar refractivity (Wildman–Crippen MR) is 76.8 cm³/mol. The number of methoxy groups -OCH3 is 1. The second-order valence-electron chi connectivity index (χ2n) is 4.35. The smallest absolute Gasteiger partial charge is 0.322 e. The van der Waals surface area contributed by atoms with Crippen molar-refractivity contribution < 1.29 is 13.9 Å². The summed E-state index contributed by atoms with van der Waals surface area (Å²) >= 11 is 5.80. The molecule has 0 spiro atoms. The summed E-state index contributed by atoms with van der Waals surface area (Å²) in [6.07, 6.45) is -0.102. The van der Waals surface area contributed by atoms with Gasteiger partial charge in [0.05, 0.1) is 13.2 Å². The van der Waals surface area contributed by atoms with E-state index in [4.69, 9.17) is 21.1 Å². The van der Waals surface area contributed by atoms with Gasteiger partial charge in [0, 0.05) is 11.8 Å². The van der Waals surface area contributed by atoms with E-state index in [0.717, 1.165) is 0 Å². The van der Waals surface area contributed by atoms with Crippen LogP contribution >= 0.6 is 11.6 Å². The normalized spacial score (nSPS) is 10.6. The minimum absolute atomic E-state index is 0.0165. The zero-order chi connectivity index (χ0) is 15.4. The molecule has 112 valence electrons. The van der Waals surface area contributed by atoms with Crippen LogP contribution in [-0.2, 0) is 0 Å². The molecule has 1 heterocycles. The van der Waals surface area contributed by atoms with E-state index in [1.807, 2.05) is 13.8 Å². The number of rotatable bonds is 5. The number of halogens is 2. The molecule has 0 radical (unpaired) electrons. The third-order valence-electron chi connectivity index (χ3n) is 2.34. The molecule has 2 aromatic rings. The van der Waals surface area contributed by atoms with Crippen molar-refractivity contribution in [1.29, 1.82) is 0 Å². The first-order valence-corrected chi connectivity index (χ1v) is 6.54. The Morgan fingerprint density at radius 3 is 2.62 bits per heavy atom. The van der Waals surface area contributed by atoms with Gasteiger partial charge in [-0.1, -0.05) is 0 Å². The van der Waals surface area contributed by atoms with Crippen LogP contribution in [0.5, 0.6) is 11.8 Å². The molecule has 6 nitrogen and oxygen atoms in total. The molecule has 0 amide bonds. The first kappa shape index (κ1) is 15.2. The quantitative estimate of drug-likeness (QED) is 0.914. The Morgan fingerprint density at radius 1 is 1.24 bits per heavy atom. The number of hydrogen-bond acceptors (Lipinski definition) is 6. The van der Waals surface area contributed by atoms with E-state index in [9.17, 15) is 4.39 Å². The van der Waals surface area contributed by atoms with Crippen LogP contribution in [-0.4, -0.2) is 28.2 Å². The van der Waals surface area contributed by atoms with Crippen LogP contribution in [0.2, 0.25) is 5.28 Å². The molecule has 0 aliphatic heterocycles. The van der Waals surface area contributed by atoms with E-state index < -0.39 is 5.82 Å². The van der Waals surface area contributed by atoms with Crippen molar-refractivity contribution in [2.45, 2.75) is 20.0 Å². The number of aromatic nitrogens is 3. The number of ether oxygens (including phenoxy) is 2. The maximum atomic E-state index is 13.6. The van der Waals surface area contributed by atoms with Crippen LogP contribution in [0.1, 0.15) is 13.8 Å². The molecule has 0 fully saturated rings. The molecule has 1 aromatic carbocycles. The highest BCUT2D eigenvalue weighted by Crippen LogP contribution is 2.23. The minimum atomic E-state index is -0.499. The van der Waals surface area contributed by atoms with Crippen molar-refractivity contribution in [2.75, 3.05) is 12.4 Å². The summed E-state index contributed by atoms with van der Waals surface area (Å²) in [6, 6.07) is 4.48. The lowest BCUT2D eigenvalue weighted by Gasteiger charge is -2.10. The van der Waals surface area contributed by atoms with Crippen molar-refractivity contribution in [2.24, 2.45) is 0 Å². The van der Waals surface area contributed by atoms with Crippen LogP contribution in [0.4, 0.5) is 16.0 Å². The average Bonchev–Trinajstić information content (AvgIpc) is 2.37. The highest BCUT2D eigenvalue weighted by atomic mass is 35.5. The van der Waals surface area contributed by atoms with Gasteiger partial charge in [-0.2, -0.15) is 15.0 Å². The molecular formula is C13H14ClFN4O2. The van der Waals surface area contributed by atoms with E-state index in [2.05, 4.69) is 20.3 Å². The molecule has 21 heavy (non-hydrogen) atoms. The van der Waals surface area contributed by atoms with Gasteiger partial charge < -0.3 is 14.8 Å². The van der Waals surface area contributed by atoms with Crippen LogP contribution in [0, 0.1) is 5.82 Å². The molecule has 8 heteroatoms. The summed E-state index contributed by atoms with van der Waals surface area (Å²) in [5.74, 6) is -0.186. The van der Waals surface area contributed by atoms with E-state index in [-0.39, 0.29) is 29.1 Å². The molecule has 0 saturated carbocycles. The van der Waals surface area contributed by atoms with Gasteiger partial charge in [-0.25, -0.2) is 4.39 Å². The Balaban J connectivity index is 2.22. The summed E-state index contributed by atoms with van der Waals surface area (Å²) < 4.78 is 23.8. The van der Waals surface area contributed by atoms with Gasteiger partial charge in [0.25, 0.3) is 0 Å². The maximum Gasteiger partial charge on any atom is 0.322 e. The van der Waals surface area contributed by atoms with Gasteiger partial charge in [0.2, 0.25) is 11.2 Å². The second kappa shape index (κ2) is 6.53. The summed E-state index contributed by atoms with van der Waals surface area (Å²) in [5, 5.41) is 2.81. The zero-order valence-electron chi connectivity index (χ0n) is 11.7. The molecular weight excluding hydrogens is 299 g/mol. The first-order chi connectivity index (χ1) is 9.97. The maximum absolute atomic E-state index is 13.6. The Bertz CT molecular complexity index is 640. The van der Waals surface area contributed by atoms with E-state index in [1.165, 1.54) is 19.2 Å². The van der Waals surface area contributed by atoms with Crippen LogP contribution in [0.25, 0.3) is 0 Å². The van der Waals surface area contributed by atoms with Gasteiger partial charge in [-0.05, 0) is 37.6 Å². The lowest BCUT2D eigenvalue weighted by molar-refractivity contribution is 0.222. The van der Waals surface area contributed by atoms with Crippen molar-refractivity contribution >= 4 is 23.2 Å². The largest absolute Gasteiger partial charge is 0.494 e. The lowest BCUT2D eigenvalue weighted by atomic mass is 10.3. The standard InChI is InChI=1S/C13H14ClFN4O2/c1-7(2)21-13-18-11(14)17-12(19-13)16-8-4-5-10(20-3)9(15)6-8/h4-7H,1-3H3,(H,16,17,18,19). The Kier molecular flexibility index (Phi) is 4.74. The Morgan fingerprint density at radius 2 is 2.00 bits per heavy atom. The van der Waals surface area contributed by atoms with Gasteiger partial charge in [-0.15, -0.1) is 0 Å². The monoisotopic (exact) mass is 312 g/mol. The highest BCUT2D eigenvalue weighted by Gasteiger charge is 2.09. The summed E-state index contributed by atoms with van der Waals surface area (Å²) in [7, 11) is 1.40. The number of anilines is 2. The third kappa shape index (κ3) is 4.16. The van der Waals surface area contributed by atoms with E-state index in [0.29, 0.717) is 5.69 Å². The Hall–Kier alpha value is -2.15. The van der Waals surface area contributed by atoms with Crippen molar-refractivity contribution in [3.05, 3.63) is 29.3 Å². The number of benzene rings is 1. The number of nitrogens with one attached hydrogen (secondary N) is 1. The van der Waals surface area contributed by atoms with Gasteiger partial charge in [0.1, 0.15) is 0 Å². The second-order valence-corrected chi connectivity index (χ2v) is 4.69. The lowest BCUT2D eigenvalue weighted by Crippen LogP contribution is -2.10. The summed E-state index contributed by atoms with van der Waals surface area (Å²) in [4.78, 5) is 11.8. The molecule has 1 N–H and O–H groups in total. The van der Waals surface area contributed by atoms with E-state index in [1.54, 1.807) is 6.07 Å². The SMILES string of the molecule is COc1ccc(Nc2nc(Cl)nc(OC(C)C)n2)cc1F. The predicted octanol–water partition coefficient (Wildman–Crippen LogP) is 3.20. The topological polar surface area (TPSA) is 69.2 Å².